The lowest BCUT2D eigenvalue weighted by atomic mass is 9.46. The highest BCUT2D eigenvalue weighted by molar-refractivity contribution is 5.67. The van der Waals surface area contributed by atoms with Gasteiger partial charge in [-0.15, -0.1) is 0 Å². The molecule has 0 radical (unpaired) electrons. The summed E-state index contributed by atoms with van der Waals surface area (Å²) in [6, 6.07) is 0. The van der Waals surface area contributed by atoms with Crippen molar-refractivity contribution in [3.8, 4) is 0 Å². The summed E-state index contributed by atoms with van der Waals surface area (Å²) in [4.78, 5) is 11.3. The predicted octanol–water partition coefficient (Wildman–Crippen LogP) is 0.994. The second kappa shape index (κ2) is 3.45. The lowest BCUT2D eigenvalue weighted by molar-refractivity contribution is -0.325. The van der Waals surface area contributed by atoms with Crippen LogP contribution in [-0.4, -0.2) is 33.5 Å². The molecule has 5 atom stereocenters. The molecule has 0 aromatic heterocycles. The monoisotopic (exact) mass is 240 g/mol. The first-order valence-electron chi connectivity index (χ1n) is 6.62. The van der Waals surface area contributed by atoms with Crippen LogP contribution in [0.1, 0.15) is 45.4 Å². The second-order valence-corrected chi connectivity index (χ2v) is 5.88. The lowest BCUT2D eigenvalue weighted by Crippen LogP contribution is -2.78. The highest BCUT2D eigenvalue weighted by Gasteiger charge is 2.76. The number of hydrogen-bond acceptors (Lipinski definition) is 4. The highest BCUT2D eigenvalue weighted by Crippen LogP contribution is 2.66. The van der Waals surface area contributed by atoms with Crippen LogP contribution in [0.15, 0.2) is 0 Å². The SMILES string of the molecule is CC(=O)O[C@]12CCC[C@@H]1[C@]1(O)[C@@H]2CCC[C@@H]1O. The van der Waals surface area contributed by atoms with Gasteiger partial charge in [-0.25, -0.2) is 0 Å². The van der Waals surface area contributed by atoms with Crippen LogP contribution in [0, 0.1) is 11.8 Å². The van der Waals surface area contributed by atoms with Crippen LogP contribution in [0.4, 0.5) is 0 Å². The molecule has 0 amide bonds. The lowest BCUT2D eigenvalue weighted by Gasteiger charge is -2.66. The molecule has 2 N–H and O–H groups in total. The fraction of sp³-hybridized carbons (Fsp3) is 0.923. The number of carbonyl (C=O) groups excluding carboxylic acids is 1. The molecule has 4 heteroatoms. The Bertz CT molecular complexity index is 355. The summed E-state index contributed by atoms with van der Waals surface area (Å²) in [5.41, 5.74) is -1.47. The fourth-order valence-electron chi connectivity index (χ4n) is 4.73. The minimum absolute atomic E-state index is 0.0563. The van der Waals surface area contributed by atoms with Crippen LogP contribution in [0.3, 0.4) is 0 Å². The summed E-state index contributed by atoms with van der Waals surface area (Å²) >= 11 is 0. The third-order valence-corrected chi connectivity index (χ3v) is 5.19. The third-order valence-electron chi connectivity index (χ3n) is 5.19. The van der Waals surface area contributed by atoms with Crippen LogP contribution < -0.4 is 0 Å². The summed E-state index contributed by atoms with van der Waals surface area (Å²) in [5, 5.41) is 20.8. The first-order chi connectivity index (χ1) is 8.02. The van der Waals surface area contributed by atoms with Gasteiger partial charge in [0, 0.05) is 18.8 Å². The van der Waals surface area contributed by atoms with E-state index in [4.69, 9.17) is 4.74 Å². The van der Waals surface area contributed by atoms with Gasteiger partial charge in [-0.2, -0.15) is 0 Å². The maximum Gasteiger partial charge on any atom is 0.303 e. The molecule has 0 aromatic carbocycles. The van der Waals surface area contributed by atoms with E-state index in [0.717, 1.165) is 32.1 Å². The average molecular weight is 240 g/mol. The molecule has 0 bridgehead atoms. The minimum Gasteiger partial charge on any atom is -0.458 e. The van der Waals surface area contributed by atoms with E-state index < -0.39 is 17.3 Å². The molecule has 0 aliphatic heterocycles. The Morgan fingerprint density at radius 1 is 1.24 bits per heavy atom. The molecular formula is C13H20O4. The molecule has 3 fully saturated rings. The van der Waals surface area contributed by atoms with Crippen molar-refractivity contribution in [2.24, 2.45) is 11.8 Å². The van der Waals surface area contributed by atoms with E-state index in [1.165, 1.54) is 6.92 Å². The molecule has 3 aliphatic carbocycles. The van der Waals surface area contributed by atoms with Gasteiger partial charge in [0.2, 0.25) is 0 Å². The Kier molecular flexibility index (Phi) is 2.33. The predicted molar refractivity (Wildman–Crippen MR) is 60.1 cm³/mol. The molecular weight excluding hydrogens is 220 g/mol. The molecule has 0 unspecified atom stereocenters. The summed E-state index contributed by atoms with van der Waals surface area (Å²) < 4.78 is 5.57. The largest absolute Gasteiger partial charge is 0.458 e. The topological polar surface area (TPSA) is 66.8 Å². The van der Waals surface area contributed by atoms with E-state index in [0.29, 0.717) is 6.42 Å². The van der Waals surface area contributed by atoms with Gasteiger partial charge in [-0.05, 0) is 32.1 Å². The number of fused-ring (bicyclic) bond motifs is 4. The molecule has 0 heterocycles. The van der Waals surface area contributed by atoms with Gasteiger partial charge < -0.3 is 14.9 Å². The molecule has 0 aromatic rings. The van der Waals surface area contributed by atoms with Crippen LogP contribution in [0.25, 0.3) is 0 Å². The van der Waals surface area contributed by atoms with E-state index in [1.807, 2.05) is 0 Å². The molecule has 17 heavy (non-hydrogen) atoms. The Morgan fingerprint density at radius 3 is 2.53 bits per heavy atom. The van der Waals surface area contributed by atoms with E-state index in [9.17, 15) is 15.0 Å². The number of carbonyl (C=O) groups is 1. The Hall–Kier alpha value is -0.610. The van der Waals surface area contributed by atoms with Gasteiger partial charge in [0.25, 0.3) is 0 Å². The van der Waals surface area contributed by atoms with Crippen molar-refractivity contribution >= 4 is 5.97 Å². The Labute approximate surface area is 101 Å². The number of aliphatic hydroxyl groups is 2. The summed E-state index contributed by atoms with van der Waals surface area (Å²) in [6.07, 6.45) is 4.46. The van der Waals surface area contributed by atoms with E-state index in [2.05, 4.69) is 0 Å². The highest BCUT2D eigenvalue weighted by atomic mass is 16.6. The standard InChI is InChI=1S/C13H20O4/c1-8(14)17-12-7-3-5-10(12)13(16)9(12)4-2-6-11(13)15/h9-11,15-16H,2-7H2,1H3/t9-,10+,11+,12+,13-/m1/s1. The van der Waals surface area contributed by atoms with Crippen molar-refractivity contribution in [3.63, 3.8) is 0 Å². The first-order valence-corrected chi connectivity index (χ1v) is 6.62. The third kappa shape index (κ3) is 1.23. The van der Waals surface area contributed by atoms with Gasteiger partial charge in [-0.3, -0.25) is 4.79 Å². The van der Waals surface area contributed by atoms with E-state index in [1.54, 1.807) is 0 Å². The van der Waals surface area contributed by atoms with Crippen molar-refractivity contribution in [2.75, 3.05) is 0 Å². The van der Waals surface area contributed by atoms with Crippen LogP contribution >= 0.6 is 0 Å². The van der Waals surface area contributed by atoms with Crippen LogP contribution in [0.5, 0.6) is 0 Å². The Balaban J connectivity index is 1.93. The first kappa shape index (κ1) is 11.5. The maximum absolute atomic E-state index is 11.3. The van der Waals surface area contributed by atoms with Crippen LogP contribution in [0.2, 0.25) is 0 Å². The molecule has 3 rings (SSSR count). The van der Waals surface area contributed by atoms with Gasteiger partial charge in [0.1, 0.15) is 11.2 Å². The minimum atomic E-state index is -0.996. The molecule has 0 saturated heterocycles. The number of hydrogen-bond donors (Lipinski definition) is 2. The number of esters is 1. The van der Waals surface area contributed by atoms with Crippen molar-refractivity contribution in [3.05, 3.63) is 0 Å². The number of aliphatic hydroxyl groups excluding tert-OH is 1. The van der Waals surface area contributed by atoms with Gasteiger partial charge >= 0.3 is 5.97 Å². The van der Waals surface area contributed by atoms with E-state index >= 15 is 0 Å². The van der Waals surface area contributed by atoms with Crippen molar-refractivity contribution in [1.29, 1.82) is 0 Å². The fourth-order valence-corrected chi connectivity index (χ4v) is 4.73. The zero-order valence-electron chi connectivity index (χ0n) is 10.2. The normalized spacial score (nSPS) is 52.3. The second-order valence-electron chi connectivity index (χ2n) is 5.88. The number of rotatable bonds is 1. The van der Waals surface area contributed by atoms with Crippen molar-refractivity contribution in [1.82, 2.24) is 0 Å². The molecule has 96 valence electrons. The molecule has 3 aliphatic rings. The summed E-state index contributed by atoms with van der Waals surface area (Å²) in [5.74, 6) is -0.381. The molecule has 3 saturated carbocycles. The quantitative estimate of drug-likeness (QED) is 0.671. The summed E-state index contributed by atoms with van der Waals surface area (Å²) in [7, 11) is 0. The number of ether oxygens (including phenoxy) is 1. The van der Waals surface area contributed by atoms with E-state index in [-0.39, 0.29) is 17.8 Å². The van der Waals surface area contributed by atoms with Crippen molar-refractivity contribution in [2.45, 2.75) is 62.8 Å². The van der Waals surface area contributed by atoms with Crippen molar-refractivity contribution < 1.29 is 19.7 Å². The zero-order valence-corrected chi connectivity index (χ0v) is 10.2. The van der Waals surface area contributed by atoms with Gasteiger partial charge in [0.15, 0.2) is 0 Å². The average Bonchev–Trinajstić information content (AvgIpc) is 2.62. The molecule has 4 nitrogen and oxygen atoms in total. The molecule has 0 spiro atoms. The van der Waals surface area contributed by atoms with Crippen LogP contribution in [-0.2, 0) is 9.53 Å². The zero-order chi connectivity index (χ0) is 12.3. The summed E-state index contributed by atoms with van der Waals surface area (Å²) in [6.45, 7) is 1.43. The van der Waals surface area contributed by atoms with Gasteiger partial charge in [-0.1, -0.05) is 6.42 Å². The van der Waals surface area contributed by atoms with Gasteiger partial charge in [0.05, 0.1) is 6.10 Å². The smallest absolute Gasteiger partial charge is 0.303 e. The maximum atomic E-state index is 11.3. The Morgan fingerprint density at radius 2 is 1.88 bits per heavy atom.